The first-order valence-corrected chi connectivity index (χ1v) is 7.22. The lowest BCUT2D eigenvalue weighted by Gasteiger charge is -2.20. The molecule has 2 amide bonds. The molecule has 7 nitrogen and oxygen atoms in total. The van der Waals surface area contributed by atoms with Crippen LogP contribution in [0.1, 0.15) is 36.4 Å². The SMILES string of the molecule is CC(C)(CNC(=O)c1sc(NC2CC2)nc1N)C(N)=O. The first-order chi connectivity index (χ1) is 9.29. The van der Waals surface area contributed by atoms with Gasteiger partial charge in [-0.25, -0.2) is 4.98 Å². The highest BCUT2D eigenvalue weighted by molar-refractivity contribution is 7.18. The molecular formula is C12H19N5O2S. The summed E-state index contributed by atoms with van der Waals surface area (Å²) in [5.41, 5.74) is 10.2. The van der Waals surface area contributed by atoms with Crippen molar-refractivity contribution in [3.8, 4) is 0 Å². The van der Waals surface area contributed by atoms with Crippen LogP contribution in [0.25, 0.3) is 0 Å². The minimum absolute atomic E-state index is 0.157. The van der Waals surface area contributed by atoms with E-state index in [0.717, 1.165) is 12.8 Å². The number of anilines is 2. The van der Waals surface area contributed by atoms with E-state index in [-0.39, 0.29) is 18.3 Å². The van der Waals surface area contributed by atoms with Gasteiger partial charge in [-0.3, -0.25) is 9.59 Å². The number of amides is 2. The minimum atomic E-state index is -0.801. The summed E-state index contributed by atoms with van der Waals surface area (Å²) in [6.45, 7) is 3.50. The number of hydrogen-bond donors (Lipinski definition) is 4. The van der Waals surface area contributed by atoms with Gasteiger partial charge < -0.3 is 22.1 Å². The highest BCUT2D eigenvalue weighted by Crippen LogP contribution is 2.30. The van der Waals surface area contributed by atoms with E-state index in [0.29, 0.717) is 16.1 Å². The normalized spacial score (nSPS) is 14.9. The second-order valence-corrected chi connectivity index (χ2v) is 6.58. The third kappa shape index (κ3) is 3.38. The van der Waals surface area contributed by atoms with Gasteiger partial charge in [0.1, 0.15) is 10.7 Å². The summed E-state index contributed by atoms with van der Waals surface area (Å²) in [6.07, 6.45) is 2.24. The molecule has 1 fully saturated rings. The summed E-state index contributed by atoms with van der Waals surface area (Å²) in [7, 11) is 0. The number of nitrogens with zero attached hydrogens (tertiary/aromatic N) is 1. The van der Waals surface area contributed by atoms with Crippen molar-refractivity contribution in [3.63, 3.8) is 0 Å². The molecule has 20 heavy (non-hydrogen) atoms. The lowest BCUT2D eigenvalue weighted by Crippen LogP contribution is -2.42. The summed E-state index contributed by atoms with van der Waals surface area (Å²) in [5.74, 6) is -0.600. The fourth-order valence-electron chi connectivity index (χ4n) is 1.43. The Kier molecular flexibility index (Phi) is 3.85. The van der Waals surface area contributed by atoms with Gasteiger partial charge in [-0.05, 0) is 26.7 Å². The number of primary amides is 1. The van der Waals surface area contributed by atoms with Crippen LogP contribution in [0.3, 0.4) is 0 Å². The van der Waals surface area contributed by atoms with Gasteiger partial charge in [0.15, 0.2) is 5.13 Å². The summed E-state index contributed by atoms with van der Waals surface area (Å²) < 4.78 is 0. The van der Waals surface area contributed by atoms with E-state index in [1.165, 1.54) is 11.3 Å². The van der Waals surface area contributed by atoms with E-state index in [4.69, 9.17) is 11.5 Å². The number of carbonyl (C=O) groups excluding carboxylic acids is 2. The van der Waals surface area contributed by atoms with Crippen molar-refractivity contribution >= 4 is 34.1 Å². The lowest BCUT2D eigenvalue weighted by atomic mass is 9.93. The van der Waals surface area contributed by atoms with Crippen LogP contribution in [0.5, 0.6) is 0 Å². The third-order valence-corrected chi connectivity index (χ3v) is 4.12. The molecule has 0 radical (unpaired) electrons. The maximum Gasteiger partial charge on any atom is 0.265 e. The molecular weight excluding hydrogens is 278 g/mol. The Morgan fingerprint density at radius 3 is 2.65 bits per heavy atom. The Hall–Kier alpha value is -1.83. The Morgan fingerprint density at radius 1 is 1.45 bits per heavy atom. The molecule has 6 N–H and O–H groups in total. The number of hydrogen-bond acceptors (Lipinski definition) is 6. The molecule has 0 saturated heterocycles. The topological polar surface area (TPSA) is 123 Å². The molecule has 1 aromatic heterocycles. The molecule has 0 unspecified atom stereocenters. The van der Waals surface area contributed by atoms with E-state index in [1.54, 1.807) is 13.8 Å². The Balaban J connectivity index is 1.98. The maximum absolute atomic E-state index is 12.0. The van der Waals surface area contributed by atoms with Crippen molar-refractivity contribution in [1.82, 2.24) is 10.3 Å². The van der Waals surface area contributed by atoms with Gasteiger partial charge >= 0.3 is 0 Å². The second kappa shape index (κ2) is 5.28. The van der Waals surface area contributed by atoms with Crippen molar-refractivity contribution in [2.24, 2.45) is 11.1 Å². The number of nitrogens with two attached hydrogens (primary N) is 2. The number of carbonyl (C=O) groups is 2. The van der Waals surface area contributed by atoms with Crippen molar-refractivity contribution in [1.29, 1.82) is 0 Å². The van der Waals surface area contributed by atoms with Crippen LogP contribution in [-0.2, 0) is 4.79 Å². The van der Waals surface area contributed by atoms with Gasteiger partial charge in [-0.15, -0.1) is 0 Å². The highest BCUT2D eigenvalue weighted by atomic mass is 32.1. The van der Waals surface area contributed by atoms with Crippen LogP contribution in [0.2, 0.25) is 0 Å². The Bertz CT molecular complexity index is 536. The Labute approximate surface area is 121 Å². The van der Waals surface area contributed by atoms with E-state index >= 15 is 0 Å². The van der Waals surface area contributed by atoms with E-state index in [9.17, 15) is 9.59 Å². The van der Waals surface area contributed by atoms with Gasteiger partial charge in [0, 0.05) is 12.6 Å². The zero-order valence-corrected chi connectivity index (χ0v) is 12.3. The standard InChI is InChI=1S/C12H19N5O2S/c1-12(2,10(14)19)5-15-9(18)7-8(13)17-11(20-7)16-6-3-4-6/h6H,3-5,13H2,1-2H3,(H2,14,19)(H,15,18)(H,16,17). The molecule has 0 atom stereocenters. The average Bonchev–Trinajstić information content (AvgIpc) is 3.09. The van der Waals surface area contributed by atoms with Gasteiger partial charge in [0.25, 0.3) is 5.91 Å². The van der Waals surface area contributed by atoms with Crippen molar-refractivity contribution in [3.05, 3.63) is 4.88 Å². The van der Waals surface area contributed by atoms with Gasteiger partial charge in [0.05, 0.1) is 5.41 Å². The monoisotopic (exact) mass is 297 g/mol. The number of thiazole rings is 1. The van der Waals surface area contributed by atoms with Crippen LogP contribution in [0.15, 0.2) is 0 Å². The largest absolute Gasteiger partial charge is 0.382 e. The van der Waals surface area contributed by atoms with E-state index in [1.807, 2.05) is 0 Å². The zero-order chi connectivity index (χ0) is 14.9. The zero-order valence-electron chi connectivity index (χ0n) is 11.5. The quantitative estimate of drug-likeness (QED) is 0.610. The molecule has 2 rings (SSSR count). The summed E-state index contributed by atoms with van der Waals surface area (Å²) in [6, 6.07) is 0.449. The maximum atomic E-state index is 12.0. The molecule has 1 aliphatic rings. The molecule has 110 valence electrons. The smallest absolute Gasteiger partial charge is 0.265 e. The van der Waals surface area contributed by atoms with Crippen LogP contribution in [-0.4, -0.2) is 29.4 Å². The van der Waals surface area contributed by atoms with Crippen LogP contribution in [0.4, 0.5) is 10.9 Å². The van der Waals surface area contributed by atoms with Crippen molar-refractivity contribution in [2.75, 3.05) is 17.6 Å². The molecule has 1 saturated carbocycles. The van der Waals surface area contributed by atoms with Crippen LogP contribution >= 0.6 is 11.3 Å². The van der Waals surface area contributed by atoms with Gasteiger partial charge in [-0.1, -0.05) is 11.3 Å². The average molecular weight is 297 g/mol. The van der Waals surface area contributed by atoms with Gasteiger partial charge in [0.2, 0.25) is 5.91 Å². The van der Waals surface area contributed by atoms with Crippen molar-refractivity contribution in [2.45, 2.75) is 32.7 Å². The number of nitrogen functional groups attached to an aromatic ring is 1. The van der Waals surface area contributed by atoms with E-state index < -0.39 is 11.3 Å². The minimum Gasteiger partial charge on any atom is -0.382 e. The molecule has 1 aromatic rings. The molecule has 8 heteroatoms. The van der Waals surface area contributed by atoms with Crippen molar-refractivity contribution < 1.29 is 9.59 Å². The third-order valence-electron chi connectivity index (χ3n) is 3.12. The summed E-state index contributed by atoms with van der Waals surface area (Å²) in [4.78, 5) is 27.7. The highest BCUT2D eigenvalue weighted by Gasteiger charge is 2.27. The van der Waals surface area contributed by atoms with Crippen LogP contribution in [0, 0.1) is 5.41 Å². The fraction of sp³-hybridized carbons (Fsp3) is 0.583. The Morgan fingerprint density at radius 2 is 2.10 bits per heavy atom. The van der Waals surface area contributed by atoms with Crippen LogP contribution < -0.4 is 22.1 Å². The molecule has 0 spiro atoms. The first-order valence-electron chi connectivity index (χ1n) is 6.40. The fourth-order valence-corrected chi connectivity index (χ4v) is 2.31. The number of nitrogens with one attached hydrogen (secondary N) is 2. The molecule has 1 heterocycles. The summed E-state index contributed by atoms with van der Waals surface area (Å²) in [5, 5.41) is 6.52. The van der Waals surface area contributed by atoms with E-state index in [2.05, 4.69) is 15.6 Å². The molecule has 1 aliphatic carbocycles. The summed E-state index contributed by atoms with van der Waals surface area (Å²) >= 11 is 1.22. The molecule has 0 aromatic carbocycles. The first kappa shape index (κ1) is 14.6. The van der Waals surface area contributed by atoms with Gasteiger partial charge in [-0.2, -0.15) is 0 Å². The molecule has 0 bridgehead atoms. The second-order valence-electron chi connectivity index (χ2n) is 5.58. The predicted molar refractivity (Wildman–Crippen MR) is 78.5 cm³/mol. The lowest BCUT2D eigenvalue weighted by molar-refractivity contribution is -0.125. The number of rotatable bonds is 6. The molecule has 0 aliphatic heterocycles. The predicted octanol–water partition coefficient (Wildman–Crippen LogP) is 0.541. The number of aromatic nitrogens is 1.